The summed E-state index contributed by atoms with van der Waals surface area (Å²) >= 11 is 1.84. The zero-order valence-corrected chi connectivity index (χ0v) is 32.9. The fraction of sp³-hybridized carbons (Fsp3) is 0.735. The highest BCUT2D eigenvalue weighted by Gasteiger charge is 2.42. The highest BCUT2D eigenvalue weighted by Crippen LogP contribution is 2.33. The standard InChI is InChI=1S/C34H59N11O10S/c1-19(40-32(52)20(2)41-33(53)21(9-5-7-13-35)15-26(47)45-55)31(51)39-16-27(48)38-17-28(49)42-22(30(36)50)10-6-8-14-37-25(46)12-4-3-11-24-29-23(18-56-24)43-34(54)44-29/h19-24,29,55H,3-18,35H2,1-2H3,(H2,36,50)(H,37,46)(H,38,48)(H,39,51)(H,40,52)(H,41,53)(H,42,49)(H,45,47)(H2,43,44,54)/t19-,20-,21?,22-,23-,24-,29-/m0/s1. The summed E-state index contributed by atoms with van der Waals surface area (Å²) in [6, 6.07) is -3.00. The third-order valence-electron chi connectivity index (χ3n) is 9.31. The smallest absolute Gasteiger partial charge is 0.315 e. The van der Waals surface area contributed by atoms with Gasteiger partial charge in [0.25, 0.3) is 0 Å². The minimum absolute atomic E-state index is 0.0766. The molecule has 2 fully saturated rings. The van der Waals surface area contributed by atoms with Gasteiger partial charge >= 0.3 is 6.03 Å². The summed E-state index contributed by atoms with van der Waals surface area (Å²) in [5.74, 6) is -4.96. The maximum absolute atomic E-state index is 12.7. The molecule has 7 atom stereocenters. The Morgan fingerprint density at radius 1 is 0.768 bits per heavy atom. The minimum atomic E-state index is -1.11. The number of carbonyl (C=O) groups is 9. The van der Waals surface area contributed by atoms with Gasteiger partial charge in [-0.3, -0.25) is 43.6 Å². The van der Waals surface area contributed by atoms with Crippen molar-refractivity contribution in [3.8, 4) is 0 Å². The Kier molecular flexibility index (Phi) is 21.6. The van der Waals surface area contributed by atoms with E-state index in [1.54, 1.807) is 0 Å². The highest BCUT2D eigenvalue weighted by atomic mass is 32.2. The van der Waals surface area contributed by atoms with Gasteiger partial charge in [0, 0.05) is 36.3 Å². The fourth-order valence-corrected chi connectivity index (χ4v) is 7.63. The third-order valence-corrected chi connectivity index (χ3v) is 10.8. The lowest BCUT2D eigenvalue weighted by Gasteiger charge is -2.21. The second kappa shape index (κ2) is 25.5. The van der Waals surface area contributed by atoms with Crippen LogP contribution >= 0.6 is 11.8 Å². The van der Waals surface area contributed by atoms with Gasteiger partial charge in [0.2, 0.25) is 47.3 Å². The van der Waals surface area contributed by atoms with Gasteiger partial charge in [-0.2, -0.15) is 11.8 Å². The molecule has 22 heteroatoms. The van der Waals surface area contributed by atoms with E-state index in [9.17, 15) is 43.2 Å². The maximum Gasteiger partial charge on any atom is 0.315 e. The fourth-order valence-electron chi connectivity index (χ4n) is 6.09. The first-order valence-corrected chi connectivity index (χ1v) is 20.0. The number of nitrogens with two attached hydrogens (primary N) is 2. The molecule has 0 spiro atoms. The van der Waals surface area contributed by atoms with Crippen LogP contribution in [0.2, 0.25) is 0 Å². The van der Waals surface area contributed by atoms with Crippen molar-refractivity contribution < 1.29 is 48.4 Å². The quantitative estimate of drug-likeness (QED) is 0.0169. The number of hydroxylamine groups is 1. The first-order valence-electron chi connectivity index (χ1n) is 19.0. The third kappa shape index (κ3) is 17.8. The van der Waals surface area contributed by atoms with Crippen molar-refractivity contribution in [2.75, 3.05) is 31.9 Å². The van der Waals surface area contributed by atoms with Crippen LogP contribution in [0.4, 0.5) is 4.79 Å². The number of unbranched alkanes of at least 4 members (excludes halogenated alkanes) is 3. The Bertz CT molecular complexity index is 1390. The Morgan fingerprint density at radius 3 is 2.14 bits per heavy atom. The number of carbonyl (C=O) groups excluding carboxylic acids is 9. The second-order valence-corrected chi connectivity index (χ2v) is 15.2. The Hall–Kier alpha value is -4.70. The highest BCUT2D eigenvalue weighted by molar-refractivity contribution is 8.00. The van der Waals surface area contributed by atoms with Crippen LogP contribution in [0.1, 0.15) is 84.5 Å². The molecule has 0 saturated carbocycles. The Morgan fingerprint density at radius 2 is 1.45 bits per heavy atom. The summed E-state index contributed by atoms with van der Waals surface area (Å²) in [5.41, 5.74) is 12.4. The average molecular weight is 814 g/mol. The van der Waals surface area contributed by atoms with Crippen LogP contribution in [0.5, 0.6) is 0 Å². The molecule has 0 bridgehead atoms. The minimum Gasteiger partial charge on any atom is -0.368 e. The number of urea groups is 1. The SMILES string of the molecule is C[C@H](NC(=O)C(CCCCN)CC(=O)NO)C(=O)N[C@@H](C)C(=O)NCC(=O)NCC(=O)N[C@@H](CCCCNC(=O)CCCC[C@@H]1SC[C@@H]2NC(=O)N[C@@H]21)C(N)=O. The first-order chi connectivity index (χ1) is 26.6. The van der Waals surface area contributed by atoms with E-state index in [1.807, 2.05) is 11.8 Å². The van der Waals surface area contributed by atoms with Gasteiger partial charge in [0.15, 0.2) is 0 Å². The Balaban J connectivity index is 1.59. The zero-order valence-electron chi connectivity index (χ0n) is 32.0. The molecule has 0 aliphatic carbocycles. The maximum atomic E-state index is 12.7. The van der Waals surface area contributed by atoms with Crippen molar-refractivity contribution in [2.45, 2.75) is 120 Å². The molecule has 14 N–H and O–H groups in total. The zero-order chi connectivity index (χ0) is 41.6. The summed E-state index contributed by atoms with van der Waals surface area (Å²) < 4.78 is 0. The summed E-state index contributed by atoms with van der Waals surface area (Å²) in [6.45, 7) is 2.50. The van der Waals surface area contributed by atoms with Crippen molar-refractivity contribution in [1.82, 2.24) is 48.0 Å². The van der Waals surface area contributed by atoms with E-state index < -0.39 is 78.5 Å². The molecule has 0 aromatic rings. The molecule has 2 saturated heterocycles. The van der Waals surface area contributed by atoms with Crippen molar-refractivity contribution in [1.29, 1.82) is 0 Å². The van der Waals surface area contributed by atoms with Gasteiger partial charge in [0.05, 0.1) is 25.2 Å². The van der Waals surface area contributed by atoms with Crippen LogP contribution < -0.4 is 59.5 Å². The van der Waals surface area contributed by atoms with E-state index in [-0.39, 0.29) is 36.9 Å². The molecule has 21 nitrogen and oxygen atoms in total. The Labute approximate surface area is 330 Å². The molecule has 1 unspecified atom stereocenters. The predicted molar refractivity (Wildman–Crippen MR) is 204 cm³/mol. The van der Waals surface area contributed by atoms with E-state index in [2.05, 4.69) is 42.5 Å². The monoisotopic (exact) mass is 813 g/mol. The topological polar surface area (TPSA) is 334 Å². The predicted octanol–water partition coefficient (Wildman–Crippen LogP) is -3.15. The van der Waals surface area contributed by atoms with Gasteiger partial charge in [-0.05, 0) is 65.3 Å². The summed E-state index contributed by atoms with van der Waals surface area (Å²) in [6.07, 6.45) is 5.31. The summed E-state index contributed by atoms with van der Waals surface area (Å²) in [4.78, 5) is 110. The number of fused-ring (bicyclic) bond motifs is 1. The number of hydrogen-bond donors (Lipinski definition) is 12. The summed E-state index contributed by atoms with van der Waals surface area (Å²) in [5, 5.41) is 29.9. The molecule has 2 aliphatic rings. The molecule has 10 amide bonds. The van der Waals surface area contributed by atoms with Crippen molar-refractivity contribution in [3.63, 3.8) is 0 Å². The number of nitrogens with one attached hydrogen (secondary N) is 9. The number of hydrogen-bond acceptors (Lipinski definition) is 12. The molecule has 0 aromatic carbocycles. The molecule has 56 heavy (non-hydrogen) atoms. The van der Waals surface area contributed by atoms with Crippen LogP contribution in [0, 0.1) is 5.92 Å². The normalized spacial score (nSPS) is 19.1. The lowest BCUT2D eigenvalue weighted by atomic mass is 9.96. The largest absolute Gasteiger partial charge is 0.368 e. The van der Waals surface area contributed by atoms with Gasteiger partial charge in [-0.15, -0.1) is 0 Å². The number of thioether (sulfide) groups is 1. The number of primary amides is 1. The van der Waals surface area contributed by atoms with Crippen molar-refractivity contribution in [3.05, 3.63) is 0 Å². The van der Waals surface area contributed by atoms with Crippen LogP contribution in [0.25, 0.3) is 0 Å². The molecule has 0 radical (unpaired) electrons. The van der Waals surface area contributed by atoms with Gasteiger partial charge in [-0.25, -0.2) is 10.3 Å². The van der Waals surface area contributed by atoms with E-state index in [1.165, 1.54) is 19.3 Å². The second-order valence-electron chi connectivity index (χ2n) is 13.9. The molecular weight excluding hydrogens is 755 g/mol. The van der Waals surface area contributed by atoms with Gasteiger partial charge in [0.1, 0.15) is 18.1 Å². The van der Waals surface area contributed by atoms with Crippen molar-refractivity contribution in [2.24, 2.45) is 17.4 Å². The molecule has 0 aromatic heterocycles. The lowest BCUT2D eigenvalue weighted by Crippen LogP contribution is -2.53. The summed E-state index contributed by atoms with van der Waals surface area (Å²) in [7, 11) is 0. The van der Waals surface area contributed by atoms with Gasteiger partial charge < -0.3 is 54.0 Å². The van der Waals surface area contributed by atoms with E-state index in [4.69, 9.17) is 16.7 Å². The van der Waals surface area contributed by atoms with Gasteiger partial charge in [-0.1, -0.05) is 12.8 Å². The lowest BCUT2D eigenvalue weighted by molar-refractivity contribution is -0.136. The molecule has 316 valence electrons. The van der Waals surface area contributed by atoms with Crippen LogP contribution in [0.3, 0.4) is 0 Å². The van der Waals surface area contributed by atoms with Crippen LogP contribution in [-0.2, 0) is 38.4 Å². The van der Waals surface area contributed by atoms with E-state index in [0.717, 1.165) is 25.0 Å². The van der Waals surface area contributed by atoms with E-state index >= 15 is 0 Å². The average Bonchev–Trinajstić information content (AvgIpc) is 3.72. The van der Waals surface area contributed by atoms with Crippen molar-refractivity contribution >= 4 is 65.1 Å². The molecule has 2 heterocycles. The number of amides is 10. The van der Waals surface area contributed by atoms with Crippen LogP contribution in [-0.4, -0.2) is 126 Å². The molecular formula is C34H59N11O10S. The van der Waals surface area contributed by atoms with E-state index in [0.29, 0.717) is 56.9 Å². The molecule has 2 aliphatic heterocycles. The van der Waals surface area contributed by atoms with Crippen LogP contribution in [0.15, 0.2) is 0 Å². The first kappa shape index (κ1) is 47.5. The molecule has 2 rings (SSSR count). The number of rotatable bonds is 27.